The molecule has 1 aromatic heterocycles. The summed E-state index contributed by atoms with van der Waals surface area (Å²) in [6.07, 6.45) is 1.91. The van der Waals surface area contributed by atoms with Gasteiger partial charge >= 0.3 is 0 Å². The van der Waals surface area contributed by atoms with Crippen LogP contribution in [0.2, 0.25) is 0 Å². The molecule has 1 aromatic rings. The molecular formula is C10H18N4O. The van der Waals surface area contributed by atoms with Crippen LogP contribution in [-0.4, -0.2) is 43.7 Å². The molecule has 0 aromatic carbocycles. The highest BCUT2D eigenvalue weighted by atomic mass is 16.3. The van der Waals surface area contributed by atoms with Gasteiger partial charge in [-0.05, 0) is 5.92 Å². The molecule has 1 fully saturated rings. The van der Waals surface area contributed by atoms with Gasteiger partial charge in [-0.15, -0.1) is 5.10 Å². The number of rotatable bonds is 3. The van der Waals surface area contributed by atoms with E-state index in [1.165, 1.54) is 0 Å². The zero-order valence-electron chi connectivity index (χ0n) is 9.51. The van der Waals surface area contributed by atoms with Crippen LogP contribution in [0.3, 0.4) is 0 Å². The largest absolute Gasteiger partial charge is 0.387 e. The van der Waals surface area contributed by atoms with Crippen LogP contribution in [0.25, 0.3) is 0 Å². The Hall–Kier alpha value is -0.940. The van der Waals surface area contributed by atoms with Gasteiger partial charge in [0.1, 0.15) is 0 Å². The quantitative estimate of drug-likeness (QED) is 0.764. The number of aromatic nitrogens is 3. The van der Waals surface area contributed by atoms with Crippen LogP contribution < -0.4 is 0 Å². The zero-order valence-corrected chi connectivity index (χ0v) is 9.51. The summed E-state index contributed by atoms with van der Waals surface area (Å²) < 4.78 is 1.70. The van der Waals surface area contributed by atoms with Gasteiger partial charge in [0.05, 0.1) is 11.3 Å². The summed E-state index contributed by atoms with van der Waals surface area (Å²) in [4.78, 5) is 2.18. The smallest absolute Gasteiger partial charge is 0.0967 e. The molecule has 2 rings (SSSR count). The van der Waals surface area contributed by atoms with E-state index in [1.807, 2.05) is 13.2 Å². The fraction of sp³-hybridized carbons (Fsp3) is 0.800. The van der Waals surface area contributed by atoms with Gasteiger partial charge < -0.3 is 5.11 Å². The van der Waals surface area contributed by atoms with E-state index in [1.54, 1.807) is 4.68 Å². The molecule has 0 bridgehead atoms. The lowest BCUT2D eigenvalue weighted by molar-refractivity contribution is -0.131. The maximum atomic E-state index is 10.1. The number of hydrogen-bond acceptors (Lipinski definition) is 4. The summed E-state index contributed by atoms with van der Waals surface area (Å²) in [6, 6.07) is 0. The van der Waals surface area contributed by atoms with Crippen molar-refractivity contribution < 1.29 is 5.11 Å². The Kier molecular flexibility index (Phi) is 2.52. The van der Waals surface area contributed by atoms with E-state index in [0.29, 0.717) is 5.92 Å². The van der Waals surface area contributed by atoms with Crippen molar-refractivity contribution in [2.24, 2.45) is 13.0 Å². The third-order valence-electron chi connectivity index (χ3n) is 3.11. The highest BCUT2D eigenvalue weighted by molar-refractivity contribution is 5.01. The number of nitrogens with zero attached hydrogens (tertiary/aromatic N) is 4. The van der Waals surface area contributed by atoms with E-state index in [9.17, 15) is 5.11 Å². The molecule has 84 valence electrons. The molecule has 0 saturated carbocycles. The van der Waals surface area contributed by atoms with Crippen LogP contribution >= 0.6 is 0 Å². The second-order valence-electron chi connectivity index (χ2n) is 4.79. The SMILES string of the molecule is CC(C)C1(O)CN(Cc2cn(C)nn2)C1. The van der Waals surface area contributed by atoms with E-state index in [2.05, 4.69) is 29.1 Å². The van der Waals surface area contributed by atoms with Crippen molar-refractivity contribution in [1.29, 1.82) is 0 Å². The molecule has 15 heavy (non-hydrogen) atoms. The number of β-amino-alcohol motifs (C(OH)–C–C–N with tert-alkyl or cyclic N) is 1. The van der Waals surface area contributed by atoms with Gasteiger partial charge in [-0.2, -0.15) is 0 Å². The summed E-state index contributed by atoms with van der Waals surface area (Å²) in [6.45, 7) is 6.37. The van der Waals surface area contributed by atoms with Gasteiger partial charge in [0, 0.05) is 32.9 Å². The Morgan fingerprint density at radius 3 is 2.67 bits per heavy atom. The molecule has 0 radical (unpaired) electrons. The van der Waals surface area contributed by atoms with Gasteiger partial charge in [-0.25, -0.2) is 0 Å². The molecule has 0 spiro atoms. The first-order chi connectivity index (χ1) is 6.99. The number of hydrogen-bond donors (Lipinski definition) is 1. The molecule has 0 atom stereocenters. The van der Waals surface area contributed by atoms with Crippen LogP contribution in [-0.2, 0) is 13.6 Å². The molecule has 0 amide bonds. The lowest BCUT2D eigenvalue weighted by Crippen LogP contribution is -2.63. The van der Waals surface area contributed by atoms with Crippen molar-refractivity contribution in [3.8, 4) is 0 Å². The average Bonchev–Trinajstić information content (AvgIpc) is 2.48. The molecule has 1 N–H and O–H groups in total. The summed E-state index contributed by atoms with van der Waals surface area (Å²) in [5, 5.41) is 18.0. The van der Waals surface area contributed by atoms with Crippen molar-refractivity contribution >= 4 is 0 Å². The predicted octanol–water partition coefficient (Wildman–Crippen LogP) is 0.0178. The summed E-state index contributed by atoms with van der Waals surface area (Å²) >= 11 is 0. The Morgan fingerprint density at radius 2 is 2.20 bits per heavy atom. The van der Waals surface area contributed by atoms with Crippen molar-refractivity contribution in [2.75, 3.05) is 13.1 Å². The lowest BCUT2D eigenvalue weighted by Gasteiger charge is -2.48. The standard InChI is InChI=1S/C10H18N4O/c1-8(2)10(15)6-14(7-10)5-9-4-13(3)12-11-9/h4,8,15H,5-7H2,1-3H3. The molecule has 1 aliphatic rings. The van der Waals surface area contributed by atoms with E-state index in [-0.39, 0.29) is 0 Å². The first-order valence-electron chi connectivity index (χ1n) is 5.29. The minimum absolute atomic E-state index is 0.315. The maximum absolute atomic E-state index is 10.1. The zero-order chi connectivity index (χ0) is 11.1. The van der Waals surface area contributed by atoms with Crippen LogP contribution in [0.15, 0.2) is 6.20 Å². The molecule has 1 saturated heterocycles. The van der Waals surface area contributed by atoms with E-state index >= 15 is 0 Å². The van der Waals surface area contributed by atoms with Gasteiger partial charge in [0.25, 0.3) is 0 Å². The fourth-order valence-electron chi connectivity index (χ4n) is 1.90. The molecule has 1 aliphatic heterocycles. The Balaban J connectivity index is 1.86. The predicted molar refractivity (Wildman–Crippen MR) is 56.1 cm³/mol. The average molecular weight is 210 g/mol. The van der Waals surface area contributed by atoms with Crippen molar-refractivity contribution in [1.82, 2.24) is 19.9 Å². The molecular weight excluding hydrogens is 192 g/mol. The van der Waals surface area contributed by atoms with E-state index in [4.69, 9.17) is 0 Å². The van der Waals surface area contributed by atoms with Crippen molar-refractivity contribution in [2.45, 2.75) is 26.0 Å². The second kappa shape index (κ2) is 3.57. The molecule has 2 heterocycles. The first-order valence-corrected chi connectivity index (χ1v) is 5.29. The second-order valence-corrected chi connectivity index (χ2v) is 4.79. The molecule has 0 aliphatic carbocycles. The van der Waals surface area contributed by atoms with Crippen LogP contribution in [0, 0.1) is 5.92 Å². The van der Waals surface area contributed by atoms with Gasteiger partial charge in [0.15, 0.2) is 0 Å². The monoisotopic (exact) mass is 210 g/mol. The van der Waals surface area contributed by atoms with Gasteiger partial charge in [0.2, 0.25) is 0 Å². The highest BCUT2D eigenvalue weighted by Gasteiger charge is 2.43. The minimum Gasteiger partial charge on any atom is -0.387 e. The minimum atomic E-state index is -0.498. The van der Waals surface area contributed by atoms with Crippen LogP contribution in [0.5, 0.6) is 0 Å². The molecule has 0 unspecified atom stereocenters. The number of aryl methyl sites for hydroxylation is 1. The third kappa shape index (κ3) is 2.03. The van der Waals surface area contributed by atoms with Crippen molar-refractivity contribution in [3.63, 3.8) is 0 Å². The third-order valence-corrected chi connectivity index (χ3v) is 3.11. The Labute approximate surface area is 89.7 Å². The maximum Gasteiger partial charge on any atom is 0.0967 e. The lowest BCUT2D eigenvalue weighted by atomic mass is 9.83. The molecule has 5 nitrogen and oxygen atoms in total. The van der Waals surface area contributed by atoms with Crippen LogP contribution in [0.1, 0.15) is 19.5 Å². The van der Waals surface area contributed by atoms with Crippen LogP contribution in [0.4, 0.5) is 0 Å². The van der Waals surface area contributed by atoms with Crippen molar-refractivity contribution in [3.05, 3.63) is 11.9 Å². The normalized spacial score (nSPS) is 20.6. The topological polar surface area (TPSA) is 54.2 Å². The number of likely N-dealkylation sites (tertiary alicyclic amines) is 1. The van der Waals surface area contributed by atoms with E-state index in [0.717, 1.165) is 25.3 Å². The number of aliphatic hydroxyl groups is 1. The Morgan fingerprint density at radius 1 is 1.53 bits per heavy atom. The Bertz CT molecular complexity index is 341. The first kappa shape index (κ1) is 10.6. The summed E-state index contributed by atoms with van der Waals surface area (Å²) in [5.41, 5.74) is 0.464. The highest BCUT2D eigenvalue weighted by Crippen LogP contribution is 2.29. The summed E-state index contributed by atoms with van der Waals surface area (Å²) in [7, 11) is 1.86. The van der Waals surface area contributed by atoms with Gasteiger partial charge in [-0.1, -0.05) is 19.1 Å². The molecule has 5 heteroatoms. The van der Waals surface area contributed by atoms with E-state index < -0.39 is 5.60 Å². The fourth-order valence-corrected chi connectivity index (χ4v) is 1.90. The summed E-state index contributed by atoms with van der Waals surface area (Å²) in [5.74, 6) is 0.315. The van der Waals surface area contributed by atoms with Gasteiger partial charge in [-0.3, -0.25) is 9.58 Å².